The van der Waals surface area contributed by atoms with Crippen LogP contribution >= 0.6 is 0 Å². The fraction of sp³-hybridized carbons (Fsp3) is 0.381. The summed E-state index contributed by atoms with van der Waals surface area (Å²) in [7, 11) is 0. The number of likely N-dealkylation sites (tertiary alicyclic amines) is 1. The third-order valence-electron chi connectivity index (χ3n) is 5.62. The molecule has 2 aliphatic heterocycles. The van der Waals surface area contributed by atoms with Gasteiger partial charge in [-0.15, -0.1) is 0 Å². The van der Waals surface area contributed by atoms with E-state index < -0.39 is 11.6 Å². The van der Waals surface area contributed by atoms with Crippen LogP contribution in [0.3, 0.4) is 0 Å². The van der Waals surface area contributed by atoms with Crippen LogP contribution in [-0.4, -0.2) is 70.2 Å². The van der Waals surface area contributed by atoms with Crippen molar-refractivity contribution < 1.29 is 19.4 Å². The lowest BCUT2D eigenvalue weighted by atomic mass is 9.99. The van der Waals surface area contributed by atoms with Crippen molar-refractivity contribution in [2.24, 2.45) is 0 Å². The van der Waals surface area contributed by atoms with Gasteiger partial charge in [-0.05, 0) is 24.1 Å². The van der Waals surface area contributed by atoms with Crippen LogP contribution in [0.5, 0.6) is 0 Å². The van der Waals surface area contributed by atoms with Crippen molar-refractivity contribution in [3.63, 3.8) is 0 Å². The Morgan fingerprint density at radius 2 is 2.10 bits per heavy atom. The highest BCUT2D eigenvalue weighted by molar-refractivity contribution is 5.93. The van der Waals surface area contributed by atoms with E-state index in [9.17, 15) is 14.7 Å². The lowest BCUT2D eigenvalue weighted by Gasteiger charge is -2.40. The first-order valence-electron chi connectivity index (χ1n) is 9.55. The summed E-state index contributed by atoms with van der Waals surface area (Å²) in [5.74, 6) is -1.07. The number of aromatic amines is 1. The highest BCUT2D eigenvalue weighted by atomic mass is 16.5. The molecule has 2 fully saturated rings. The molecule has 2 aromatic rings. The van der Waals surface area contributed by atoms with Gasteiger partial charge in [-0.1, -0.05) is 18.2 Å². The standard InChI is InChI=1S/C21H22N4O4/c22-10-15-9-18(23-11-15)19(26)25-6-5-21(14-25)13-24(7-8-29-21)12-16-3-1-2-4-17(16)20(27)28/h1-4,9,11,23H,5-8,12-14H2,(H,27,28). The Hall–Kier alpha value is -3.15. The van der Waals surface area contributed by atoms with Gasteiger partial charge in [0, 0.05) is 32.4 Å². The zero-order valence-electron chi connectivity index (χ0n) is 15.9. The number of amides is 1. The van der Waals surface area contributed by atoms with E-state index in [4.69, 9.17) is 10.00 Å². The molecule has 4 rings (SSSR count). The molecule has 1 atom stereocenters. The molecule has 2 saturated heterocycles. The van der Waals surface area contributed by atoms with E-state index in [0.717, 1.165) is 12.0 Å². The molecule has 1 aromatic heterocycles. The number of nitrogens with zero attached hydrogens (tertiary/aromatic N) is 3. The van der Waals surface area contributed by atoms with Gasteiger partial charge in [-0.3, -0.25) is 9.69 Å². The number of carbonyl (C=O) groups is 2. The molecule has 0 aliphatic carbocycles. The van der Waals surface area contributed by atoms with Gasteiger partial charge in [0.15, 0.2) is 0 Å². The van der Waals surface area contributed by atoms with Crippen LogP contribution in [0, 0.1) is 11.3 Å². The summed E-state index contributed by atoms with van der Waals surface area (Å²) in [6, 6.07) is 10.6. The number of nitrogens with one attached hydrogen (secondary N) is 1. The summed E-state index contributed by atoms with van der Waals surface area (Å²) in [6.45, 7) is 3.48. The summed E-state index contributed by atoms with van der Waals surface area (Å²) >= 11 is 0. The maximum atomic E-state index is 12.7. The van der Waals surface area contributed by atoms with Gasteiger partial charge < -0.3 is 19.7 Å². The van der Waals surface area contributed by atoms with Crippen molar-refractivity contribution >= 4 is 11.9 Å². The third-order valence-corrected chi connectivity index (χ3v) is 5.62. The van der Waals surface area contributed by atoms with Crippen LogP contribution in [-0.2, 0) is 11.3 Å². The maximum absolute atomic E-state index is 12.7. The fourth-order valence-corrected chi connectivity index (χ4v) is 4.18. The van der Waals surface area contributed by atoms with Crippen molar-refractivity contribution in [1.29, 1.82) is 5.26 Å². The SMILES string of the molecule is N#Cc1c[nH]c(C(=O)N2CCC3(CN(Cc4ccccc4C(=O)O)CCO3)C2)c1. The molecule has 1 aromatic carbocycles. The largest absolute Gasteiger partial charge is 0.478 e. The van der Waals surface area contributed by atoms with E-state index in [0.29, 0.717) is 56.2 Å². The second-order valence-electron chi connectivity index (χ2n) is 7.59. The molecule has 1 spiro atoms. The number of ether oxygens (including phenoxy) is 1. The topological polar surface area (TPSA) is 110 Å². The van der Waals surface area contributed by atoms with Crippen molar-refractivity contribution in [3.05, 3.63) is 58.9 Å². The van der Waals surface area contributed by atoms with Crippen LogP contribution in [0.25, 0.3) is 0 Å². The number of aromatic carboxylic acids is 1. The lowest BCUT2D eigenvalue weighted by molar-refractivity contribution is -0.102. The number of rotatable bonds is 4. The van der Waals surface area contributed by atoms with Gasteiger partial charge in [0.25, 0.3) is 5.91 Å². The number of aromatic nitrogens is 1. The molecule has 0 saturated carbocycles. The number of morpholine rings is 1. The molecule has 2 N–H and O–H groups in total. The van der Waals surface area contributed by atoms with Crippen LogP contribution < -0.4 is 0 Å². The number of carboxylic acid groups (broad SMARTS) is 1. The van der Waals surface area contributed by atoms with Crippen molar-refractivity contribution in [2.45, 2.75) is 18.6 Å². The quantitative estimate of drug-likeness (QED) is 0.817. The van der Waals surface area contributed by atoms with E-state index in [1.165, 1.54) is 6.20 Å². The summed E-state index contributed by atoms with van der Waals surface area (Å²) in [4.78, 5) is 31.0. The number of benzene rings is 1. The Morgan fingerprint density at radius 1 is 1.28 bits per heavy atom. The van der Waals surface area contributed by atoms with E-state index in [-0.39, 0.29) is 5.91 Å². The summed E-state index contributed by atoms with van der Waals surface area (Å²) in [5, 5.41) is 18.4. The molecule has 8 nitrogen and oxygen atoms in total. The number of carbonyl (C=O) groups excluding carboxylic acids is 1. The predicted molar refractivity (Wildman–Crippen MR) is 103 cm³/mol. The number of H-pyrrole nitrogens is 1. The van der Waals surface area contributed by atoms with Crippen LogP contribution in [0.15, 0.2) is 36.5 Å². The number of nitriles is 1. The van der Waals surface area contributed by atoms with Gasteiger partial charge in [-0.25, -0.2) is 4.79 Å². The first kappa shape index (κ1) is 19.2. The second kappa shape index (κ2) is 7.70. The molecule has 0 bridgehead atoms. The van der Waals surface area contributed by atoms with Crippen molar-refractivity contribution in [3.8, 4) is 6.07 Å². The van der Waals surface area contributed by atoms with Gasteiger partial charge in [0.1, 0.15) is 17.4 Å². The summed E-state index contributed by atoms with van der Waals surface area (Å²) in [5.41, 5.74) is 1.48. The van der Waals surface area contributed by atoms with Crippen molar-refractivity contribution in [1.82, 2.24) is 14.8 Å². The van der Waals surface area contributed by atoms with Crippen LogP contribution in [0.1, 0.15) is 38.4 Å². The predicted octanol–water partition coefficient (Wildman–Crippen LogP) is 1.70. The molecule has 8 heteroatoms. The van der Waals surface area contributed by atoms with Crippen LogP contribution in [0.2, 0.25) is 0 Å². The number of hydrogen-bond donors (Lipinski definition) is 2. The molecule has 2 aliphatic rings. The maximum Gasteiger partial charge on any atom is 0.336 e. The van der Waals surface area contributed by atoms with Gasteiger partial charge in [-0.2, -0.15) is 5.26 Å². The summed E-state index contributed by atoms with van der Waals surface area (Å²) < 4.78 is 6.10. The van der Waals surface area contributed by atoms with E-state index in [1.54, 1.807) is 23.1 Å². The van der Waals surface area contributed by atoms with Gasteiger partial charge in [0.05, 0.1) is 24.3 Å². The minimum absolute atomic E-state index is 0.139. The van der Waals surface area contributed by atoms with Gasteiger partial charge >= 0.3 is 5.97 Å². The molecule has 29 heavy (non-hydrogen) atoms. The molecule has 1 unspecified atom stereocenters. The van der Waals surface area contributed by atoms with Crippen LogP contribution in [0.4, 0.5) is 0 Å². The highest BCUT2D eigenvalue weighted by Crippen LogP contribution is 2.31. The smallest absolute Gasteiger partial charge is 0.336 e. The van der Waals surface area contributed by atoms with Crippen molar-refractivity contribution in [2.75, 3.05) is 32.8 Å². The third kappa shape index (κ3) is 3.88. The Kier molecular flexibility index (Phi) is 5.09. The van der Waals surface area contributed by atoms with E-state index >= 15 is 0 Å². The Bertz CT molecular complexity index is 979. The minimum atomic E-state index is -0.927. The molecule has 150 valence electrons. The van der Waals surface area contributed by atoms with E-state index in [1.807, 2.05) is 18.2 Å². The first-order valence-corrected chi connectivity index (χ1v) is 9.55. The Morgan fingerprint density at radius 3 is 2.86 bits per heavy atom. The Balaban J connectivity index is 1.44. The summed E-state index contributed by atoms with van der Waals surface area (Å²) in [6.07, 6.45) is 2.25. The zero-order valence-corrected chi connectivity index (χ0v) is 15.9. The lowest BCUT2D eigenvalue weighted by Crippen LogP contribution is -2.53. The fourth-order valence-electron chi connectivity index (χ4n) is 4.18. The molecular formula is C21H22N4O4. The monoisotopic (exact) mass is 394 g/mol. The Labute approximate surface area is 168 Å². The first-order chi connectivity index (χ1) is 14.0. The number of carboxylic acids is 1. The highest BCUT2D eigenvalue weighted by Gasteiger charge is 2.44. The minimum Gasteiger partial charge on any atom is -0.478 e. The molecule has 0 radical (unpaired) electrons. The van der Waals surface area contributed by atoms with E-state index in [2.05, 4.69) is 9.88 Å². The zero-order chi connectivity index (χ0) is 20.4. The average molecular weight is 394 g/mol. The second-order valence-corrected chi connectivity index (χ2v) is 7.59. The van der Waals surface area contributed by atoms with Gasteiger partial charge in [0.2, 0.25) is 0 Å². The average Bonchev–Trinajstić information content (AvgIpc) is 3.35. The number of hydrogen-bond acceptors (Lipinski definition) is 5. The molecule has 3 heterocycles. The molecule has 1 amide bonds. The molecular weight excluding hydrogens is 372 g/mol. The normalized spacial score (nSPS) is 22.0.